The maximum absolute atomic E-state index is 10.4. The molecular formula is C105H202O20. The minimum atomic E-state index is -0.405. The zero-order chi connectivity index (χ0) is 91.6. The summed E-state index contributed by atoms with van der Waals surface area (Å²) in [4.78, 5) is 10.4. The maximum Gasteiger partial charge on any atom is 0.308 e. The Hall–Kier alpha value is -2.45. The largest absolute Gasteiger partial charge is 0.469 e. The first-order valence-corrected chi connectivity index (χ1v) is 50.7. The highest BCUT2D eigenvalue weighted by molar-refractivity contribution is 5.73. The van der Waals surface area contributed by atoms with E-state index in [0.29, 0.717) is 49.0 Å². The van der Waals surface area contributed by atoms with Crippen molar-refractivity contribution in [3.63, 3.8) is 0 Å². The van der Waals surface area contributed by atoms with Crippen LogP contribution in [0.2, 0.25) is 0 Å². The number of aliphatic hydroxyl groups is 2. The number of ether oxygens (including phenoxy) is 16. The molecule has 20 nitrogen and oxygen atoms in total. The lowest BCUT2D eigenvalue weighted by Gasteiger charge is -2.36. The van der Waals surface area contributed by atoms with E-state index in [1.54, 1.807) is 6.26 Å². The second-order valence-corrected chi connectivity index (χ2v) is 37.6. The predicted molar refractivity (Wildman–Crippen MR) is 514 cm³/mol. The number of aliphatic hydroxyl groups excluding tert-OH is 1. The Kier molecular flexibility index (Phi) is 79.5. The molecule has 125 heavy (non-hydrogen) atoms. The highest BCUT2D eigenvalue weighted by Gasteiger charge is 2.31. The third-order valence-electron chi connectivity index (χ3n) is 25.2. The first-order chi connectivity index (χ1) is 59.8. The molecule has 1 saturated carbocycles. The predicted octanol–water partition coefficient (Wildman–Crippen LogP) is 24.6. The van der Waals surface area contributed by atoms with Crippen LogP contribution in [-0.4, -0.2) is 223 Å². The molecule has 11 atom stereocenters. The van der Waals surface area contributed by atoms with Gasteiger partial charge in [-0.1, -0.05) is 201 Å². The average Bonchev–Trinajstić information content (AvgIpc) is 1.65. The Morgan fingerprint density at radius 2 is 0.912 bits per heavy atom. The van der Waals surface area contributed by atoms with Gasteiger partial charge in [0.05, 0.1) is 113 Å². The number of cyclic esters (lactones) is 1. The van der Waals surface area contributed by atoms with E-state index in [1.807, 2.05) is 32.9 Å². The Morgan fingerprint density at radius 1 is 0.408 bits per heavy atom. The van der Waals surface area contributed by atoms with E-state index in [9.17, 15) is 9.90 Å². The number of carbonyl (C=O) groups excluding carboxylic acids is 1. The summed E-state index contributed by atoms with van der Waals surface area (Å²) in [7, 11) is 0. The van der Waals surface area contributed by atoms with Gasteiger partial charge >= 0.3 is 5.97 Å². The minimum Gasteiger partial charge on any atom is -0.469 e. The van der Waals surface area contributed by atoms with Gasteiger partial charge in [0.15, 0.2) is 6.29 Å². The summed E-state index contributed by atoms with van der Waals surface area (Å²) in [6, 6.07) is 3.87. The molecule has 16 aliphatic rings. The molecule has 1 aromatic rings. The van der Waals surface area contributed by atoms with Crippen molar-refractivity contribution in [3.8, 4) is 0 Å². The first kappa shape index (κ1) is 123. The van der Waals surface area contributed by atoms with Crippen molar-refractivity contribution in [1.29, 1.82) is 0 Å². The lowest BCUT2D eigenvalue weighted by atomic mass is 9.86. The summed E-state index contributed by atoms with van der Waals surface area (Å²) in [5, 5.41) is 18.5. The van der Waals surface area contributed by atoms with Crippen LogP contribution in [0, 0.1) is 52.8 Å². The van der Waals surface area contributed by atoms with Crippen LogP contribution in [-0.2, 0) is 87.0 Å². The first-order valence-electron chi connectivity index (χ1n) is 50.7. The quantitative estimate of drug-likeness (QED) is 0.197. The van der Waals surface area contributed by atoms with Gasteiger partial charge in [0.1, 0.15) is 5.76 Å². The normalized spacial score (nSPS) is 28.1. The number of hydrogen-bond acceptors (Lipinski definition) is 20. The summed E-state index contributed by atoms with van der Waals surface area (Å²) in [6.07, 6.45) is 52.1. The zero-order valence-electron chi connectivity index (χ0n) is 83.8. The summed E-state index contributed by atoms with van der Waals surface area (Å²) in [6.45, 7) is 64.2. The average molecular weight is 1780 g/mol. The van der Waals surface area contributed by atoms with Crippen LogP contribution in [0.5, 0.6) is 0 Å². The molecule has 15 heterocycles. The minimum absolute atomic E-state index is 0. The van der Waals surface area contributed by atoms with Gasteiger partial charge in [-0.15, -0.1) is 0 Å². The van der Waals surface area contributed by atoms with Crippen molar-refractivity contribution in [1.82, 2.24) is 0 Å². The Labute approximate surface area is 768 Å². The highest BCUT2D eigenvalue weighted by atomic mass is 16.7. The van der Waals surface area contributed by atoms with Crippen molar-refractivity contribution >= 4 is 5.97 Å². The Morgan fingerprint density at radius 3 is 1.14 bits per heavy atom. The molecule has 14 aliphatic heterocycles. The second kappa shape index (κ2) is 81.1. The molecule has 0 bridgehead atoms. The van der Waals surface area contributed by atoms with Gasteiger partial charge in [-0.2, -0.15) is 0 Å². The molecule has 17 rings (SSSR count). The van der Waals surface area contributed by atoms with Crippen LogP contribution >= 0.6 is 0 Å². The van der Waals surface area contributed by atoms with Gasteiger partial charge in [-0.25, -0.2) is 0 Å². The van der Waals surface area contributed by atoms with Crippen molar-refractivity contribution < 1.29 is 95.2 Å². The molecule has 6 unspecified atom stereocenters. The third-order valence-corrected chi connectivity index (χ3v) is 25.2. The van der Waals surface area contributed by atoms with E-state index >= 15 is 0 Å². The van der Waals surface area contributed by atoms with Gasteiger partial charge in [0.2, 0.25) is 0 Å². The zero-order valence-corrected chi connectivity index (χ0v) is 83.8. The van der Waals surface area contributed by atoms with E-state index in [-0.39, 0.29) is 37.3 Å². The standard InChI is InChI=1S/C8H16O2.C7H14O2.2C7H14O.C7H14.C7H10.5C6H12O.C6H8O.C5H10O2.C5H8O2.C5H10O2.2C5H10O.CH4/c1-4-7-5-10-8(2,3)6-9-7;1-2-7(8)3-5-9-6-4-7;1-2-7-3-5-8-6-4-7;1-2-7-5-3-4-6-8-7;1-7-5-3-2-4-6-7;1-2-7-5-3-4-6-7;1-6-3-2-4-7-5-6;1-3-6(2)4-7-5-6;1-2-6-3-4-7-5-6;3*1-2-6-4-3-5-7-6;1-4-2-7-3-5(4)6;1-4-2-3-7-5(4)6;1-2-5-6-3-4-7-5;2*1-5-2-3-6-4-5;/h7H,4-6H2,1-3H3;8H,2-6H2,1H3;2*7H,2-6H2,1H3;7H,2-6H2,1H3;3,5-6H,2,4H2,1H3;6H,2-5H2,1H3;3-5H2,1-2H3;3*6H,2-5H2,1H3;3-5H,2H2,1H3;4-6H,2-3H2,1H3;4H,2-3H2,1H3;5H,2-4H2,1H3;2*5H,2-4H2,1H3;1H4/t;;;;;;;;;2*6-;;;4-;;2*5-;/m.........10..0.10./s1. The number of carbonyl (C=O) groups is 1. The van der Waals surface area contributed by atoms with Crippen LogP contribution in [0.4, 0.5) is 0 Å². The lowest BCUT2D eigenvalue weighted by Crippen LogP contribution is -2.41. The number of rotatable bonds is 11. The number of allylic oxidation sites excluding steroid dienone is 4. The van der Waals surface area contributed by atoms with Crippen molar-refractivity contribution in [2.45, 2.75) is 412 Å². The number of esters is 1. The fourth-order valence-corrected chi connectivity index (χ4v) is 14.5. The van der Waals surface area contributed by atoms with Crippen LogP contribution in [0.15, 0.2) is 46.6 Å². The molecule has 2 N–H and O–H groups in total. The van der Waals surface area contributed by atoms with E-state index in [0.717, 1.165) is 238 Å². The fourth-order valence-electron chi connectivity index (χ4n) is 14.5. The topological polar surface area (TPSA) is 218 Å². The summed E-state index contributed by atoms with van der Waals surface area (Å²) in [5.74, 6) is 6.85. The van der Waals surface area contributed by atoms with Crippen LogP contribution in [0.1, 0.15) is 364 Å². The van der Waals surface area contributed by atoms with Gasteiger partial charge < -0.3 is 90.4 Å². The smallest absolute Gasteiger partial charge is 0.308 e. The van der Waals surface area contributed by atoms with E-state index in [4.69, 9.17) is 80.6 Å². The SMILES string of the molecule is C.CC1CCCCC1.CC1CCCOC1.CC1COCC1O.CCC1(C)COC1.CCC1(O)CCOCC1.CCC1=CCC=C1.CCC1CCCCO1.CCC1CCOC1.CCC1CCOCC1.CCC1COC(C)(C)CO1.CCC1OCCO1.CC[C@@H]1CCCO1.CC[C@H]1CCCO1.CCc1ccco1.C[C@@H]1CCOC1.C[C@H]1CCOC1.C[C@H]1CCOC1=O. The molecule has 0 radical (unpaired) electrons. The molecule has 742 valence electrons. The monoisotopic (exact) mass is 1780 g/mol. The highest BCUT2D eigenvalue weighted by Crippen LogP contribution is 2.30. The Balaban J connectivity index is 0.00000131. The van der Waals surface area contributed by atoms with Crippen molar-refractivity contribution in [2.75, 3.05) is 159 Å². The molecule has 0 spiro atoms. The summed E-state index contributed by atoms with van der Waals surface area (Å²) < 4.78 is 87.6. The van der Waals surface area contributed by atoms with Crippen molar-refractivity contribution in [3.05, 3.63) is 48.0 Å². The third kappa shape index (κ3) is 68.2. The van der Waals surface area contributed by atoms with Crippen LogP contribution in [0.25, 0.3) is 0 Å². The van der Waals surface area contributed by atoms with E-state index < -0.39 is 5.60 Å². The molecule has 1 aromatic heterocycles. The van der Waals surface area contributed by atoms with Crippen molar-refractivity contribution in [2.24, 2.45) is 52.8 Å². The van der Waals surface area contributed by atoms with Gasteiger partial charge in [0.25, 0.3) is 0 Å². The molecule has 0 aromatic carbocycles. The summed E-state index contributed by atoms with van der Waals surface area (Å²) in [5.41, 5.74) is 1.56. The molecule has 14 saturated heterocycles. The number of furan rings is 1. The van der Waals surface area contributed by atoms with Gasteiger partial charge in [-0.05, 0) is 228 Å². The molecule has 0 amide bonds. The van der Waals surface area contributed by atoms with E-state index in [2.05, 4.69) is 141 Å². The van der Waals surface area contributed by atoms with Gasteiger partial charge in [0, 0.05) is 117 Å². The molecule has 2 aliphatic carbocycles. The lowest BCUT2D eigenvalue weighted by molar-refractivity contribution is -0.174. The van der Waals surface area contributed by atoms with E-state index in [1.165, 1.54) is 173 Å². The maximum atomic E-state index is 10.4. The fraction of sp³-hybridized carbons (Fsp3) is 0.914. The summed E-state index contributed by atoms with van der Waals surface area (Å²) >= 11 is 0. The number of hydrogen-bond donors (Lipinski definition) is 2. The molecular weight excluding hydrogens is 1580 g/mol. The number of aryl methyl sites for hydroxylation is 1. The molecule has 20 heteroatoms. The Bertz CT molecular complexity index is 2330. The second-order valence-electron chi connectivity index (χ2n) is 37.6. The van der Waals surface area contributed by atoms with Gasteiger partial charge in [-0.3, -0.25) is 4.79 Å². The molecule has 15 fully saturated rings. The van der Waals surface area contributed by atoms with Crippen LogP contribution in [0.3, 0.4) is 0 Å². The van der Waals surface area contributed by atoms with Crippen LogP contribution < -0.4 is 0 Å².